The Labute approximate surface area is 146 Å². The number of pyridine rings is 1. The number of hydrogen-bond acceptors (Lipinski definition) is 5. The van der Waals surface area contributed by atoms with Crippen LogP contribution in [0.5, 0.6) is 5.88 Å². The summed E-state index contributed by atoms with van der Waals surface area (Å²) < 4.78 is 17.1. The average molecular weight is 342 g/mol. The maximum atomic E-state index is 12.7. The van der Waals surface area contributed by atoms with E-state index in [1.807, 2.05) is 23.1 Å². The Hall–Kier alpha value is -2.34. The molecule has 4 heterocycles. The van der Waals surface area contributed by atoms with Gasteiger partial charge in [0.1, 0.15) is 6.26 Å². The van der Waals surface area contributed by atoms with Crippen LogP contribution >= 0.6 is 0 Å². The number of hydrogen-bond donors (Lipinski definition) is 0. The summed E-state index contributed by atoms with van der Waals surface area (Å²) in [4.78, 5) is 18.9. The molecule has 0 unspecified atom stereocenters. The van der Waals surface area contributed by atoms with Gasteiger partial charge in [0.15, 0.2) is 0 Å². The van der Waals surface area contributed by atoms with Crippen molar-refractivity contribution >= 4 is 5.91 Å². The molecule has 0 saturated carbocycles. The Kier molecular flexibility index (Phi) is 4.44. The molecular weight excluding hydrogens is 320 g/mol. The van der Waals surface area contributed by atoms with Gasteiger partial charge in [-0.05, 0) is 31.4 Å². The van der Waals surface area contributed by atoms with E-state index in [9.17, 15) is 4.79 Å². The first kappa shape index (κ1) is 16.1. The van der Waals surface area contributed by atoms with Gasteiger partial charge in [-0.15, -0.1) is 0 Å². The van der Waals surface area contributed by atoms with E-state index in [1.165, 1.54) is 12.5 Å². The molecule has 2 fully saturated rings. The molecule has 4 rings (SSSR count). The zero-order valence-corrected chi connectivity index (χ0v) is 14.1. The molecule has 2 aliphatic heterocycles. The quantitative estimate of drug-likeness (QED) is 0.855. The number of furan rings is 1. The van der Waals surface area contributed by atoms with Crippen molar-refractivity contribution in [1.29, 1.82) is 0 Å². The third-order valence-corrected chi connectivity index (χ3v) is 5.19. The first-order chi connectivity index (χ1) is 12.3. The molecule has 2 aromatic heterocycles. The lowest BCUT2D eigenvalue weighted by Crippen LogP contribution is -2.58. The van der Waals surface area contributed by atoms with Crippen LogP contribution in [-0.2, 0) is 4.74 Å². The van der Waals surface area contributed by atoms with Gasteiger partial charge in [0.2, 0.25) is 5.88 Å². The Balaban J connectivity index is 1.51. The molecule has 6 heteroatoms. The number of carbonyl (C=O) groups is 1. The van der Waals surface area contributed by atoms with Gasteiger partial charge < -0.3 is 18.8 Å². The molecule has 2 aromatic rings. The van der Waals surface area contributed by atoms with Crippen LogP contribution in [0.15, 0.2) is 47.4 Å². The fourth-order valence-corrected chi connectivity index (χ4v) is 3.89. The monoisotopic (exact) mass is 342 g/mol. The van der Waals surface area contributed by atoms with Crippen molar-refractivity contribution in [3.05, 3.63) is 48.6 Å². The average Bonchev–Trinajstić information content (AvgIpc) is 3.21. The topological polar surface area (TPSA) is 64.8 Å². The highest BCUT2D eigenvalue weighted by Crippen LogP contribution is 2.40. The summed E-state index contributed by atoms with van der Waals surface area (Å²) in [5.74, 6) is 0.620. The molecular formula is C19H22N2O4. The van der Waals surface area contributed by atoms with E-state index in [0.29, 0.717) is 31.1 Å². The Bertz CT molecular complexity index is 703. The number of amides is 1. The third kappa shape index (κ3) is 3.26. The summed E-state index contributed by atoms with van der Waals surface area (Å²) in [5, 5.41) is 0. The Morgan fingerprint density at radius 3 is 3.16 bits per heavy atom. The van der Waals surface area contributed by atoms with Crippen molar-refractivity contribution in [1.82, 2.24) is 9.88 Å². The lowest BCUT2D eigenvalue weighted by molar-refractivity contribution is -0.133. The van der Waals surface area contributed by atoms with Crippen LogP contribution in [0, 0.1) is 5.41 Å². The van der Waals surface area contributed by atoms with Crippen molar-refractivity contribution in [3.63, 3.8) is 0 Å². The standard InChI is InChI=1S/C19H22N2O4/c22-18(15-6-11-23-12-15)21-9-5-16-19(13-21,7-3-10-24-16)14-25-17-4-1-2-8-20-17/h1-2,4,6,8,11-12,16H,3,5,7,9-10,13-14H2/t16-,19-/m1/s1. The normalized spacial score (nSPS) is 26.1. The number of nitrogens with zero attached hydrogens (tertiary/aromatic N) is 2. The van der Waals surface area contributed by atoms with Crippen LogP contribution < -0.4 is 4.74 Å². The van der Waals surface area contributed by atoms with E-state index in [0.717, 1.165) is 25.9 Å². The number of likely N-dealkylation sites (tertiary alicyclic amines) is 1. The number of piperidine rings is 1. The van der Waals surface area contributed by atoms with E-state index < -0.39 is 0 Å². The highest BCUT2D eigenvalue weighted by atomic mass is 16.5. The second-order valence-corrected chi connectivity index (χ2v) is 6.81. The molecule has 132 valence electrons. The first-order valence-electron chi connectivity index (χ1n) is 8.74. The molecule has 2 atom stereocenters. The summed E-state index contributed by atoms with van der Waals surface area (Å²) in [5.41, 5.74) is 0.406. The van der Waals surface area contributed by atoms with Crippen LogP contribution in [0.25, 0.3) is 0 Å². The fourth-order valence-electron chi connectivity index (χ4n) is 3.89. The molecule has 6 nitrogen and oxygen atoms in total. The van der Waals surface area contributed by atoms with Crippen molar-refractivity contribution in [2.75, 3.05) is 26.3 Å². The summed E-state index contributed by atoms with van der Waals surface area (Å²) in [7, 11) is 0. The molecule has 0 radical (unpaired) electrons. The van der Waals surface area contributed by atoms with E-state index in [1.54, 1.807) is 12.3 Å². The fraction of sp³-hybridized carbons (Fsp3) is 0.474. The van der Waals surface area contributed by atoms with Gasteiger partial charge in [-0.3, -0.25) is 4.79 Å². The van der Waals surface area contributed by atoms with Crippen molar-refractivity contribution in [3.8, 4) is 5.88 Å². The van der Waals surface area contributed by atoms with Crippen molar-refractivity contribution < 1.29 is 18.7 Å². The van der Waals surface area contributed by atoms with Crippen LogP contribution in [0.4, 0.5) is 0 Å². The van der Waals surface area contributed by atoms with E-state index in [-0.39, 0.29) is 17.4 Å². The lowest BCUT2D eigenvalue weighted by Gasteiger charge is -2.50. The minimum atomic E-state index is -0.187. The van der Waals surface area contributed by atoms with Gasteiger partial charge in [-0.25, -0.2) is 4.98 Å². The second-order valence-electron chi connectivity index (χ2n) is 6.81. The Morgan fingerprint density at radius 1 is 1.40 bits per heavy atom. The number of rotatable bonds is 4. The van der Waals surface area contributed by atoms with Crippen LogP contribution in [-0.4, -0.2) is 48.2 Å². The van der Waals surface area contributed by atoms with Crippen LogP contribution in [0.1, 0.15) is 29.6 Å². The number of fused-ring (bicyclic) bond motifs is 1. The molecule has 0 aliphatic carbocycles. The zero-order valence-electron chi connectivity index (χ0n) is 14.1. The highest BCUT2D eigenvalue weighted by Gasteiger charge is 2.48. The van der Waals surface area contributed by atoms with Gasteiger partial charge >= 0.3 is 0 Å². The molecule has 0 spiro atoms. The number of ether oxygens (including phenoxy) is 2. The Morgan fingerprint density at radius 2 is 2.36 bits per heavy atom. The summed E-state index contributed by atoms with van der Waals surface area (Å²) in [6.07, 6.45) is 7.67. The predicted octanol–water partition coefficient (Wildman–Crippen LogP) is 2.76. The predicted molar refractivity (Wildman–Crippen MR) is 90.4 cm³/mol. The largest absolute Gasteiger partial charge is 0.477 e. The number of aromatic nitrogens is 1. The summed E-state index contributed by atoms with van der Waals surface area (Å²) >= 11 is 0. The summed E-state index contributed by atoms with van der Waals surface area (Å²) in [6, 6.07) is 7.34. The molecule has 25 heavy (non-hydrogen) atoms. The maximum Gasteiger partial charge on any atom is 0.257 e. The minimum absolute atomic E-state index is 0.00924. The molecule has 0 bridgehead atoms. The second kappa shape index (κ2) is 6.88. The van der Waals surface area contributed by atoms with Gasteiger partial charge in [-0.1, -0.05) is 6.07 Å². The van der Waals surface area contributed by atoms with Gasteiger partial charge in [0, 0.05) is 37.4 Å². The molecule has 0 N–H and O–H groups in total. The molecule has 0 aromatic carbocycles. The van der Waals surface area contributed by atoms with Gasteiger partial charge in [-0.2, -0.15) is 0 Å². The smallest absolute Gasteiger partial charge is 0.257 e. The van der Waals surface area contributed by atoms with E-state index in [2.05, 4.69) is 4.98 Å². The SMILES string of the molecule is O=C(c1ccoc1)N1CC[C@H]2OCCC[C@]2(COc2ccccn2)C1. The van der Waals surface area contributed by atoms with E-state index in [4.69, 9.17) is 13.9 Å². The maximum absolute atomic E-state index is 12.7. The third-order valence-electron chi connectivity index (χ3n) is 5.19. The molecule has 1 amide bonds. The summed E-state index contributed by atoms with van der Waals surface area (Å²) in [6.45, 7) is 2.62. The van der Waals surface area contributed by atoms with Crippen molar-refractivity contribution in [2.24, 2.45) is 5.41 Å². The highest BCUT2D eigenvalue weighted by molar-refractivity contribution is 5.93. The van der Waals surface area contributed by atoms with Crippen molar-refractivity contribution in [2.45, 2.75) is 25.4 Å². The first-order valence-corrected chi connectivity index (χ1v) is 8.74. The van der Waals surface area contributed by atoms with Gasteiger partial charge in [0.25, 0.3) is 5.91 Å². The number of carbonyl (C=O) groups excluding carboxylic acids is 1. The minimum Gasteiger partial charge on any atom is -0.477 e. The molecule has 2 aliphatic rings. The molecule has 2 saturated heterocycles. The van der Waals surface area contributed by atoms with E-state index >= 15 is 0 Å². The van der Waals surface area contributed by atoms with Gasteiger partial charge in [0.05, 0.1) is 24.5 Å². The van der Waals surface area contributed by atoms with Crippen LogP contribution in [0.2, 0.25) is 0 Å². The lowest BCUT2D eigenvalue weighted by atomic mass is 9.73. The zero-order chi connectivity index (χ0) is 17.1. The van der Waals surface area contributed by atoms with Crippen LogP contribution in [0.3, 0.4) is 0 Å².